The maximum Gasteiger partial charge on any atom is 0.196 e. The zero-order valence-electron chi connectivity index (χ0n) is 12.6. The van der Waals surface area contributed by atoms with Crippen LogP contribution in [-0.4, -0.2) is 14.2 Å². The number of hydrogen-bond donors (Lipinski definition) is 0. The number of methoxy groups -OCH3 is 2. The molecule has 0 atom stereocenters. The molecule has 0 saturated carbocycles. The van der Waals surface area contributed by atoms with Crippen molar-refractivity contribution in [1.29, 1.82) is 0 Å². The molecule has 0 unspecified atom stereocenters. The van der Waals surface area contributed by atoms with Crippen molar-refractivity contribution >= 4 is 11.0 Å². The van der Waals surface area contributed by atoms with Crippen LogP contribution in [0.25, 0.3) is 11.0 Å². The van der Waals surface area contributed by atoms with Crippen molar-refractivity contribution in [2.24, 2.45) is 5.92 Å². The summed E-state index contributed by atoms with van der Waals surface area (Å²) in [5, 5.41) is 0.502. The van der Waals surface area contributed by atoms with Crippen LogP contribution >= 0.6 is 0 Å². The largest absolute Gasteiger partial charge is 0.497 e. The van der Waals surface area contributed by atoms with Gasteiger partial charge in [0.2, 0.25) is 0 Å². The second kappa shape index (κ2) is 5.57. The molecule has 1 heterocycles. The lowest BCUT2D eigenvalue weighted by molar-refractivity contribution is 0.390. The van der Waals surface area contributed by atoms with Crippen LogP contribution in [0.4, 0.5) is 0 Å². The summed E-state index contributed by atoms with van der Waals surface area (Å²) in [5.74, 6) is 2.14. The van der Waals surface area contributed by atoms with E-state index < -0.39 is 0 Å². The van der Waals surface area contributed by atoms with Gasteiger partial charge in [-0.25, -0.2) is 0 Å². The van der Waals surface area contributed by atoms with Gasteiger partial charge in [0.15, 0.2) is 16.8 Å². The van der Waals surface area contributed by atoms with Crippen LogP contribution < -0.4 is 14.9 Å². The van der Waals surface area contributed by atoms with Gasteiger partial charge in [-0.15, -0.1) is 0 Å². The Morgan fingerprint density at radius 1 is 1.20 bits per heavy atom. The number of aryl methyl sites for hydroxylation is 1. The number of rotatable bonds is 4. The highest BCUT2D eigenvalue weighted by atomic mass is 16.5. The zero-order valence-corrected chi connectivity index (χ0v) is 12.6. The highest BCUT2D eigenvalue weighted by Gasteiger charge is 2.17. The third-order valence-corrected chi connectivity index (χ3v) is 3.30. The molecule has 0 amide bonds. The summed E-state index contributed by atoms with van der Waals surface area (Å²) in [6.45, 7) is 5.98. The van der Waals surface area contributed by atoms with Gasteiger partial charge in [-0.05, 0) is 25.3 Å². The Bertz CT molecular complexity index is 683. The van der Waals surface area contributed by atoms with Crippen LogP contribution in [0.1, 0.15) is 25.2 Å². The number of benzene rings is 1. The zero-order chi connectivity index (χ0) is 14.9. The minimum absolute atomic E-state index is 0.00495. The van der Waals surface area contributed by atoms with Crippen LogP contribution in [-0.2, 0) is 6.42 Å². The van der Waals surface area contributed by atoms with Crippen LogP contribution in [0.3, 0.4) is 0 Å². The van der Waals surface area contributed by atoms with Crippen LogP contribution in [0.15, 0.2) is 21.3 Å². The minimum Gasteiger partial charge on any atom is -0.497 e. The van der Waals surface area contributed by atoms with Crippen molar-refractivity contribution in [3.8, 4) is 11.5 Å². The number of fused-ring (bicyclic) bond motifs is 1. The Morgan fingerprint density at radius 3 is 2.45 bits per heavy atom. The van der Waals surface area contributed by atoms with Crippen molar-refractivity contribution in [1.82, 2.24) is 0 Å². The molecule has 1 aromatic carbocycles. The van der Waals surface area contributed by atoms with Crippen molar-refractivity contribution in [2.45, 2.75) is 27.2 Å². The Kier molecular flexibility index (Phi) is 4.02. The fourth-order valence-electron chi connectivity index (χ4n) is 2.30. The fourth-order valence-corrected chi connectivity index (χ4v) is 2.30. The molecule has 2 aromatic rings. The van der Waals surface area contributed by atoms with E-state index in [4.69, 9.17) is 13.9 Å². The molecule has 0 radical (unpaired) electrons. The maximum absolute atomic E-state index is 12.6. The molecule has 0 bridgehead atoms. The lowest BCUT2D eigenvalue weighted by Crippen LogP contribution is -2.14. The maximum atomic E-state index is 12.6. The quantitative estimate of drug-likeness (QED) is 0.859. The Labute approximate surface area is 118 Å². The van der Waals surface area contributed by atoms with E-state index in [1.165, 1.54) is 0 Å². The second-order valence-corrected chi connectivity index (χ2v) is 5.27. The van der Waals surface area contributed by atoms with Gasteiger partial charge < -0.3 is 13.9 Å². The van der Waals surface area contributed by atoms with Gasteiger partial charge in [-0.1, -0.05) is 13.8 Å². The lowest BCUT2D eigenvalue weighted by Gasteiger charge is -2.12. The van der Waals surface area contributed by atoms with E-state index in [2.05, 4.69) is 13.8 Å². The van der Waals surface area contributed by atoms with E-state index in [1.54, 1.807) is 26.4 Å². The summed E-state index contributed by atoms with van der Waals surface area (Å²) in [4.78, 5) is 12.6. The summed E-state index contributed by atoms with van der Waals surface area (Å²) in [6, 6.07) is 3.42. The first-order chi connectivity index (χ1) is 9.47. The van der Waals surface area contributed by atoms with E-state index in [-0.39, 0.29) is 5.43 Å². The van der Waals surface area contributed by atoms with E-state index >= 15 is 0 Å². The first kappa shape index (κ1) is 14.4. The van der Waals surface area contributed by atoms with Crippen molar-refractivity contribution in [3.63, 3.8) is 0 Å². The summed E-state index contributed by atoms with van der Waals surface area (Å²) in [7, 11) is 3.11. The average molecular weight is 276 g/mol. The predicted molar refractivity (Wildman–Crippen MR) is 78.9 cm³/mol. The van der Waals surface area contributed by atoms with Gasteiger partial charge in [-0.2, -0.15) is 0 Å². The molecule has 2 rings (SSSR count). The molecular formula is C16H20O4. The highest BCUT2D eigenvalue weighted by molar-refractivity contribution is 5.85. The third kappa shape index (κ3) is 2.50. The monoisotopic (exact) mass is 276 g/mol. The van der Waals surface area contributed by atoms with Gasteiger partial charge in [0.05, 0.1) is 19.6 Å². The topological polar surface area (TPSA) is 48.7 Å². The standard InChI is InChI=1S/C16H20O4/c1-9(2)6-12-10(3)20-16-13(15(12)17)7-11(18-4)8-14(16)19-5/h7-9H,6H2,1-5H3. The van der Waals surface area contributed by atoms with E-state index in [1.807, 2.05) is 6.92 Å². The Hall–Kier alpha value is -1.97. The van der Waals surface area contributed by atoms with Gasteiger partial charge in [0.1, 0.15) is 11.5 Å². The molecule has 20 heavy (non-hydrogen) atoms. The Morgan fingerprint density at radius 2 is 1.90 bits per heavy atom. The summed E-state index contributed by atoms with van der Waals surface area (Å²) >= 11 is 0. The SMILES string of the molecule is COc1cc(OC)c2oc(C)c(CC(C)C)c(=O)c2c1. The molecule has 0 aliphatic heterocycles. The van der Waals surface area contributed by atoms with Crippen molar-refractivity contribution in [2.75, 3.05) is 14.2 Å². The predicted octanol–water partition coefficient (Wildman–Crippen LogP) is 3.32. The van der Waals surface area contributed by atoms with Crippen LogP contribution in [0.2, 0.25) is 0 Å². The van der Waals surface area contributed by atoms with Gasteiger partial charge in [0.25, 0.3) is 0 Å². The van der Waals surface area contributed by atoms with Gasteiger partial charge in [-0.3, -0.25) is 4.79 Å². The molecule has 0 spiro atoms. The van der Waals surface area contributed by atoms with E-state index in [9.17, 15) is 4.79 Å². The fraction of sp³-hybridized carbons (Fsp3) is 0.438. The van der Waals surface area contributed by atoms with Crippen LogP contribution in [0.5, 0.6) is 11.5 Å². The smallest absolute Gasteiger partial charge is 0.196 e. The molecular weight excluding hydrogens is 256 g/mol. The van der Waals surface area contributed by atoms with Gasteiger partial charge in [0, 0.05) is 11.6 Å². The first-order valence-corrected chi connectivity index (χ1v) is 6.66. The lowest BCUT2D eigenvalue weighted by atomic mass is 10.0. The molecule has 108 valence electrons. The first-order valence-electron chi connectivity index (χ1n) is 6.66. The third-order valence-electron chi connectivity index (χ3n) is 3.30. The minimum atomic E-state index is -0.00495. The average Bonchev–Trinajstić information content (AvgIpc) is 2.42. The summed E-state index contributed by atoms with van der Waals surface area (Å²) in [6.07, 6.45) is 0.698. The molecule has 1 aromatic heterocycles. The number of hydrogen-bond acceptors (Lipinski definition) is 4. The normalized spacial score (nSPS) is 11.1. The molecule has 0 fully saturated rings. The van der Waals surface area contributed by atoms with Crippen molar-refractivity contribution in [3.05, 3.63) is 33.7 Å². The van der Waals surface area contributed by atoms with Crippen molar-refractivity contribution < 1.29 is 13.9 Å². The molecule has 0 aliphatic rings. The molecule has 4 nitrogen and oxygen atoms in total. The highest BCUT2D eigenvalue weighted by Crippen LogP contribution is 2.31. The Balaban J connectivity index is 2.80. The van der Waals surface area contributed by atoms with E-state index in [0.29, 0.717) is 40.6 Å². The summed E-state index contributed by atoms with van der Waals surface area (Å²) < 4.78 is 16.3. The van der Waals surface area contributed by atoms with Gasteiger partial charge >= 0.3 is 0 Å². The molecule has 4 heteroatoms. The molecule has 0 aliphatic carbocycles. The second-order valence-electron chi connectivity index (χ2n) is 5.27. The summed E-state index contributed by atoms with van der Waals surface area (Å²) in [5.41, 5.74) is 1.20. The number of ether oxygens (including phenoxy) is 2. The molecule has 0 N–H and O–H groups in total. The molecule has 0 saturated heterocycles. The van der Waals surface area contributed by atoms with Crippen LogP contribution in [0, 0.1) is 12.8 Å². The van der Waals surface area contributed by atoms with E-state index in [0.717, 1.165) is 5.56 Å².